The highest BCUT2D eigenvalue weighted by atomic mass is 14.6. The maximum absolute atomic E-state index is 4.34. The molecule has 1 aliphatic rings. The van der Waals surface area contributed by atoms with Crippen LogP contribution in [0.5, 0.6) is 0 Å². The van der Waals surface area contributed by atoms with Crippen molar-refractivity contribution in [2.24, 2.45) is 0 Å². The van der Waals surface area contributed by atoms with Crippen LogP contribution in [0.1, 0.15) is 35.8 Å². The first kappa shape index (κ1) is 21.1. The summed E-state index contributed by atoms with van der Waals surface area (Å²) in [7, 11) is 0. The van der Waals surface area contributed by atoms with Crippen LogP contribution in [0.3, 0.4) is 0 Å². The monoisotopic (exact) mass is 461 g/mol. The van der Waals surface area contributed by atoms with Gasteiger partial charge in [-0.05, 0) is 79.5 Å². The maximum Gasteiger partial charge on any atom is 0.0305 e. The fourth-order valence-electron chi connectivity index (χ4n) is 6.15. The molecule has 0 radical (unpaired) electrons. The zero-order valence-electron chi connectivity index (χ0n) is 20.1. The van der Waals surface area contributed by atoms with E-state index in [-0.39, 0.29) is 0 Å². The van der Waals surface area contributed by atoms with Crippen molar-refractivity contribution in [2.45, 2.75) is 24.7 Å². The van der Waals surface area contributed by atoms with E-state index in [1.54, 1.807) is 0 Å². The number of allylic oxidation sites excluding steroid dienone is 2. The summed E-state index contributed by atoms with van der Waals surface area (Å²) in [6.07, 6.45) is 11.0. The number of fused-ring (bicyclic) bond motifs is 3. The van der Waals surface area contributed by atoms with Gasteiger partial charge in [0.25, 0.3) is 0 Å². The maximum atomic E-state index is 4.34. The largest absolute Gasteiger partial charge is 0.264 e. The highest BCUT2D eigenvalue weighted by Gasteiger charge is 2.24. The van der Waals surface area contributed by atoms with Crippen molar-refractivity contribution < 1.29 is 0 Å². The molecule has 1 aromatic heterocycles. The van der Waals surface area contributed by atoms with Gasteiger partial charge in [0.2, 0.25) is 0 Å². The Bertz CT molecular complexity index is 1690. The van der Waals surface area contributed by atoms with E-state index in [0.717, 1.165) is 12.8 Å². The lowest BCUT2D eigenvalue weighted by Crippen LogP contribution is -2.08. The van der Waals surface area contributed by atoms with Gasteiger partial charge in [-0.1, -0.05) is 103 Å². The first-order valence-corrected chi connectivity index (χ1v) is 12.9. The van der Waals surface area contributed by atoms with Crippen LogP contribution in [-0.2, 0) is 0 Å². The molecule has 0 amide bonds. The minimum absolute atomic E-state index is 0.401. The van der Waals surface area contributed by atoms with Gasteiger partial charge in [0.05, 0.1) is 0 Å². The Balaban J connectivity index is 1.44. The van der Waals surface area contributed by atoms with Gasteiger partial charge in [-0.2, -0.15) is 0 Å². The Morgan fingerprint density at radius 2 is 1.19 bits per heavy atom. The summed E-state index contributed by atoms with van der Waals surface area (Å²) in [5, 5.41) is 7.97. The highest BCUT2D eigenvalue weighted by Crippen LogP contribution is 2.45. The fraction of sp³-hybridized carbons (Fsp3) is 0.114. The SMILES string of the molecule is C1=CC(c2c3ccccc3c(-c3ccc4ccccc4c3)c3ccccc23)CCC1c1cccnc1. The molecule has 0 N–H and O–H groups in total. The lowest BCUT2D eigenvalue weighted by molar-refractivity contribution is 0.604. The van der Waals surface area contributed by atoms with Crippen LogP contribution < -0.4 is 0 Å². The molecule has 36 heavy (non-hydrogen) atoms. The number of hydrogen-bond acceptors (Lipinski definition) is 1. The van der Waals surface area contributed by atoms with Crippen molar-refractivity contribution in [3.05, 3.63) is 139 Å². The number of nitrogens with zero attached hydrogens (tertiary/aromatic N) is 1. The molecule has 1 nitrogen and oxygen atoms in total. The van der Waals surface area contributed by atoms with E-state index in [2.05, 4.69) is 114 Å². The van der Waals surface area contributed by atoms with Gasteiger partial charge < -0.3 is 0 Å². The summed E-state index contributed by atoms with van der Waals surface area (Å²) in [5.41, 5.74) is 5.40. The van der Waals surface area contributed by atoms with Crippen LogP contribution in [0, 0.1) is 0 Å². The van der Waals surface area contributed by atoms with Crippen molar-refractivity contribution in [1.82, 2.24) is 4.98 Å². The molecule has 0 bridgehead atoms. The minimum Gasteiger partial charge on any atom is -0.264 e. The minimum atomic E-state index is 0.401. The van der Waals surface area contributed by atoms with Crippen molar-refractivity contribution in [3.8, 4) is 11.1 Å². The second kappa shape index (κ2) is 8.77. The third kappa shape index (κ3) is 3.51. The summed E-state index contributed by atoms with van der Waals surface area (Å²) in [6, 6.07) is 37.8. The average molecular weight is 462 g/mol. The van der Waals surface area contributed by atoms with E-state index in [4.69, 9.17) is 0 Å². The number of aromatic nitrogens is 1. The number of hydrogen-bond donors (Lipinski definition) is 0. The van der Waals surface area contributed by atoms with Crippen LogP contribution in [0.15, 0.2) is 128 Å². The van der Waals surface area contributed by atoms with Gasteiger partial charge in [-0.25, -0.2) is 0 Å². The van der Waals surface area contributed by atoms with Gasteiger partial charge in [0, 0.05) is 24.2 Å². The standard InChI is InChI=1S/C35H27N/c1-2-9-27-22-28(20-17-24(27)8-1)35-32-13-5-3-11-30(32)34(31-12-4-6-14-33(31)35)26-18-15-25(16-19-26)29-10-7-21-36-23-29/h1-15,17-18,20-23,25-26H,16,19H2. The Kier molecular flexibility index (Phi) is 5.14. The summed E-state index contributed by atoms with van der Waals surface area (Å²) in [6.45, 7) is 0. The quantitative estimate of drug-likeness (QED) is 0.189. The molecule has 172 valence electrons. The van der Waals surface area contributed by atoms with Gasteiger partial charge >= 0.3 is 0 Å². The first-order valence-electron chi connectivity index (χ1n) is 12.9. The normalized spacial score (nSPS) is 17.7. The van der Waals surface area contributed by atoms with Crippen molar-refractivity contribution in [3.63, 3.8) is 0 Å². The highest BCUT2D eigenvalue weighted by molar-refractivity contribution is 6.16. The first-order chi connectivity index (χ1) is 17.9. The third-order valence-corrected chi connectivity index (χ3v) is 7.86. The van der Waals surface area contributed by atoms with E-state index in [1.165, 1.54) is 54.6 Å². The second-order valence-corrected chi connectivity index (χ2v) is 9.90. The van der Waals surface area contributed by atoms with Crippen LogP contribution in [0.25, 0.3) is 43.4 Å². The molecule has 0 aliphatic heterocycles. The van der Waals surface area contributed by atoms with Crippen LogP contribution in [-0.4, -0.2) is 4.98 Å². The molecular formula is C35H27N. The van der Waals surface area contributed by atoms with Crippen molar-refractivity contribution in [2.75, 3.05) is 0 Å². The zero-order chi connectivity index (χ0) is 23.9. The van der Waals surface area contributed by atoms with Gasteiger partial charge in [0.15, 0.2) is 0 Å². The summed E-state index contributed by atoms with van der Waals surface area (Å²) in [5.74, 6) is 0.850. The van der Waals surface area contributed by atoms with Gasteiger partial charge in [0.1, 0.15) is 0 Å². The number of pyridine rings is 1. The molecule has 1 aliphatic carbocycles. The molecule has 0 fully saturated rings. The van der Waals surface area contributed by atoms with E-state index >= 15 is 0 Å². The second-order valence-electron chi connectivity index (χ2n) is 9.90. The molecule has 1 heteroatoms. The van der Waals surface area contributed by atoms with E-state index in [0.29, 0.717) is 11.8 Å². The molecule has 1 heterocycles. The topological polar surface area (TPSA) is 12.9 Å². The van der Waals surface area contributed by atoms with Crippen LogP contribution >= 0.6 is 0 Å². The lowest BCUT2D eigenvalue weighted by Gasteiger charge is -2.27. The third-order valence-electron chi connectivity index (χ3n) is 7.86. The predicted octanol–water partition coefficient (Wildman–Crippen LogP) is 9.43. The number of rotatable bonds is 3. The predicted molar refractivity (Wildman–Crippen MR) is 152 cm³/mol. The van der Waals surface area contributed by atoms with Gasteiger partial charge in [-0.3, -0.25) is 4.98 Å². The molecule has 2 unspecified atom stereocenters. The molecular weight excluding hydrogens is 434 g/mol. The zero-order valence-corrected chi connectivity index (χ0v) is 20.1. The number of benzene rings is 5. The lowest BCUT2D eigenvalue weighted by atomic mass is 9.77. The van der Waals surface area contributed by atoms with Crippen molar-refractivity contribution >= 4 is 32.3 Å². The van der Waals surface area contributed by atoms with Crippen LogP contribution in [0.2, 0.25) is 0 Å². The molecule has 0 spiro atoms. The Labute approximate surface area is 211 Å². The van der Waals surface area contributed by atoms with E-state index in [1.807, 2.05) is 18.5 Å². The Morgan fingerprint density at radius 3 is 1.86 bits per heavy atom. The fourth-order valence-corrected chi connectivity index (χ4v) is 6.15. The molecule has 7 rings (SSSR count). The van der Waals surface area contributed by atoms with E-state index < -0.39 is 0 Å². The average Bonchev–Trinajstić information content (AvgIpc) is 2.96. The van der Waals surface area contributed by atoms with E-state index in [9.17, 15) is 0 Å². The molecule has 0 saturated heterocycles. The summed E-state index contributed by atoms with van der Waals surface area (Å²) < 4.78 is 0. The summed E-state index contributed by atoms with van der Waals surface area (Å²) in [4.78, 5) is 4.34. The summed E-state index contributed by atoms with van der Waals surface area (Å²) >= 11 is 0. The smallest absolute Gasteiger partial charge is 0.0305 e. The van der Waals surface area contributed by atoms with Crippen LogP contribution in [0.4, 0.5) is 0 Å². The Hall–Kier alpha value is -4.23. The molecule has 0 saturated carbocycles. The molecule has 5 aromatic carbocycles. The molecule has 2 atom stereocenters. The van der Waals surface area contributed by atoms with Crippen molar-refractivity contribution in [1.29, 1.82) is 0 Å². The Morgan fingerprint density at radius 1 is 0.556 bits per heavy atom. The molecule has 6 aromatic rings. The van der Waals surface area contributed by atoms with Gasteiger partial charge in [-0.15, -0.1) is 0 Å².